The summed E-state index contributed by atoms with van der Waals surface area (Å²) in [6, 6.07) is 20.2. The Balaban J connectivity index is 0.00000306. The minimum Gasteiger partial charge on any atom is -0.497 e. The molecular weight excluding hydrogens is 529 g/mol. The zero-order valence-corrected chi connectivity index (χ0v) is 21.5. The maximum absolute atomic E-state index is 5.95. The number of ether oxygens (including phenoxy) is 2. The number of aliphatic imine (C=N–C) groups is 1. The summed E-state index contributed by atoms with van der Waals surface area (Å²) in [5, 5.41) is 8.13. The highest BCUT2D eigenvalue weighted by molar-refractivity contribution is 14.0. The van der Waals surface area contributed by atoms with Crippen LogP contribution in [0.4, 0.5) is 0 Å². The normalized spacial score (nSPS) is 15.9. The van der Waals surface area contributed by atoms with Crippen molar-refractivity contribution in [2.45, 2.75) is 19.6 Å². The molecule has 1 unspecified atom stereocenters. The molecule has 0 saturated carbocycles. The Kier molecular flexibility index (Phi) is 9.56. The largest absolute Gasteiger partial charge is 0.497 e. The number of hydrogen-bond acceptors (Lipinski definition) is 4. The third kappa shape index (κ3) is 6.94. The van der Waals surface area contributed by atoms with Crippen LogP contribution in [0.5, 0.6) is 5.75 Å². The Morgan fingerprint density at radius 1 is 1.12 bits per heavy atom. The lowest BCUT2D eigenvalue weighted by Gasteiger charge is -2.21. The van der Waals surface area contributed by atoms with E-state index in [9.17, 15) is 0 Å². The molecule has 33 heavy (non-hydrogen) atoms. The van der Waals surface area contributed by atoms with E-state index in [-0.39, 0.29) is 24.0 Å². The van der Waals surface area contributed by atoms with E-state index >= 15 is 0 Å². The van der Waals surface area contributed by atoms with Gasteiger partial charge in [0.15, 0.2) is 5.96 Å². The van der Waals surface area contributed by atoms with Crippen molar-refractivity contribution >= 4 is 29.9 Å². The van der Waals surface area contributed by atoms with Gasteiger partial charge in [-0.1, -0.05) is 30.3 Å². The zero-order valence-electron chi connectivity index (χ0n) is 19.2. The molecule has 4 rings (SSSR count). The lowest BCUT2D eigenvalue weighted by Crippen LogP contribution is -2.40. The van der Waals surface area contributed by atoms with E-state index in [1.54, 1.807) is 7.11 Å². The molecule has 1 aliphatic rings. The van der Waals surface area contributed by atoms with Crippen molar-refractivity contribution in [3.8, 4) is 11.4 Å². The van der Waals surface area contributed by atoms with Crippen LogP contribution in [0, 0.1) is 5.92 Å². The van der Waals surface area contributed by atoms with E-state index in [0.29, 0.717) is 19.1 Å². The number of guanidine groups is 1. The van der Waals surface area contributed by atoms with Crippen LogP contribution in [-0.4, -0.2) is 54.5 Å². The van der Waals surface area contributed by atoms with Crippen LogP contribution < -0.4 is 10.1 Å². The fourth-order valence-corrected chi connectivity index (χ4v) is 3.92. The van der Waals surface area contributed by atoms with Gasteiger partial charge >= 0.3 is 0 Å². The summed E-state index contributed by atoms with van der Waals surface area (Å²) in [7, 11) is 3.50. The van der Waals surface area contributed by atoms with E-state index in [1.165, 1.54) is 5.56 Å². The number of likely N-dealkylation sites (tertiary alicyclic amines) is 1. The first-order valence-corrected chi connectivity index (χ1v) is 11.0. The quantitative estimate of drug-likeness (QED) is 0.255. The van der Waals surface area contributed by atoms with Crippen LogP contribution in [0.25, 0.3) is 5.69 Å². The van der Waals surface area contributed by atoms with Gasteiger partial charge in [0.05, 0.1) is 38.2 Å². The zero-order chi connectivity index (χ0) is 22.2. The summed E-state index contributed by atoms with van der Waals surface area (Å²) in [6.45, 7) is 4.01. The van der Waals surface area contributed by atoms with E-state index in [2.05, 4.69) is 32.4 Å². The van der Waals surface area contributed by atoms with Crippen molar-refractivity contribution in [2.75, 3.05) is 33.9 Å². The third-order valence-corrected chi connectivity index (χ3v) is 5.67. The molecule has 3 aromatic rings. The SMILES string of the molecule is CN=C(NCc1ccn(-c2ccc(OC)cc2)n1)N1CCC(COCc2ccccc2)C1.I. The van der Waals surface area contributed by atoms with Crippen LogP contribution >= 0.6 is 24.0 Å². The lowest BCUT2D eigenvalue weighted by molar-refractivity contribution is 0.0906. The molecule has 1 aromatic heterocycles. The Hall–Kier alpha value is -2.59. The minimum atomic E-state index is 0. The van der Waals surface area contributed by atoms with Crippen LogP contribution in [0.3, 0.4) is 0 Å². The van der Waals surface area contributed by atoms with Crippen LogP contribution in [0.2, 0.25) is 0 Å². The first kappa shape index (κ1) is 25.0. The van der Waals surface area contributed by atoms with Crippen molar-refractivity contribution in [1.29, 1.82) is 0 Å². The fourth-order valence-electron chi connectivity index (χ4n) is 3.92. The first-order valence-electron chi connectivity index (χ1n) is 11.0. The summed E-state index contributed by atoms with van der Waals surface area (Å²) < 4.78 is 13.0. The molecule has 2 heterocycles. The van der Waals surface area contributed by atoms with E-state index in [4.69, 9.17) is 9.47 Å². The van der Waals surface area contributed by atoms with Gasteiger partial charge in [0.1, 0.15) is 5.75 Å². The maximum atomic E-state index is 5.95. The van der Waals surface area contributed by atoms with Crippen LogP contribution in [-0.2, 0) is 17.9 Å². The van der Waals surface area contributed by atoms with Crippen molar-refractivity contribution in [2.24, 2.45) is 10.9 Å². The molecule has 0 bridgehead atoms. The van der Waals surface area contributed by atoms with Gasteiger partial charge in [0.2, 0.25) is 0 Å². The molecule has 1 N–H and O–H groups in total. The second-order valence-corrected chi connectivity index (χ2v) is 7.95. The van der Waals surface area contributed by atoms with Gasteiger partial charge < -0.3 is 19.7 Å². The molecule has 1 atom stereocenters. The maximum Gasteiger partial charge on any atom is 0.193 e. The van der Waals surface area contributed by atoms with E-state index in [1.807, 2.05) is 66.5 Å². The fraction of sp³-hybridized carbons (Fsp3) is 0.360. The summed E-state index contributed by atoms with van der Waals surface area (Å²) in [4.78, 5) is 6.78. The second-order valence-electron chi connectivity index (χ2n) is 7.95. The van der Waals surface area contributed by atoms with Gasteiger partial charge in [0.25, 0.3) is 0 Å². The standard InChI is InChI=1S/C25H31N5O2.HI/c1-26-25(29-14-12-21(17-29)19-32-18-20-6-4-3-5-7-20)27-16-22-13-15-30(28-22)23-8-10-24(31-2)11-9-23;/h3-11,13,15,21H,12,14,16-19H2,1-2H3,(H,26,27);1H. The topological polar surface area (TPSA) is 63.9 Å². The van der Waals surface area contributed by atoms with Gasteiger partial charge in [-0.05, 0) is 42.3 Å². The summed E-state index contributed by atoms with van der Waals surface area (Å²) >= 11 is 0. The smallest absolute Gasteiger partial charge is 0.193 e. The molecule has 176 valence electrons. The van der Waals surface area contributed by atoms with E-state index in [0.717, 1.165) is 49.2 Å². The van der Waals surface area contributed by atoms with Crippen molar-refractivity contribution in [1.82, 2.24) is 20.0 Å². The number of rotatable bonds is 8. The van der Waals surface area contributed by atoms with Crippen LogP contribution in [0.1, 0.15) is 17.7 Å². The molecule has 1 saturated heterocycles. The van der Waals surface area contributed by atoms with Crippen LogP contribution in [0.15, 0.2) is 71.9 Å². The lowest BCUT2D eigenvalue weighted by atomic mass is 10.1. The number of methoxy groups -OCH3 is 1. The number of nitrogens with zero attached hydrogens (tertiary/aromatic N) is 4. The molecule has 8 heteroatoms. The summed E-state index contributed by atoms with van der Waals surface area (Å²) in [5.74, 6) is 2.27. The number of aromatic nitrogens is 2. The Bertz CT molecular complexity index is 1010. The predicted molar refractivity (Wildman–Crippen MR) is 142 cm³/mol. The number of halogens is 1. The first-order chi connectivity index (χ1) is 15.7. The summed E-state index contributed by atoms with van der Waals surface area (Å²) in [6.07, 6.45) is 3.08. The average molecular weight is 561 g/mol. The monoisotopic (exact) mass is 561 g/mol. The molecular formula is C25H32IN5O2. The summed E-state index contributed by atoms with van der Waals surface area (Å²) in [5.41, 5.74) is 3.18. The highest BCUT2D eigenvalue weighted by Gasteiger charge is 2.25. The van der Waals surface area contributed by atoms with Crippen molar-refractivity contribution in [3.05, 3.63) is 78.1 Å². The molecule has 0 radical (unpaired) electrons. The Labute approximate surface area is 212 Å². The second kappa shape index (κ2) is 12.6. The van der Waals surface area contributed by atoms with Gasteiger partial charge in [-0.3, -0.25) is 4.99 Å². The Morgan fingerprint density at radius 2 is 1.91 bits per heavy atom. The molecule has 0 spiro atoms. The molecule has 0 amide bonds. The molecule has 0 aliphatic carbocycles. The average Bonchev–Trinajstić information content (AvgIpc) is 3.51. The van der Waals surface area contributed by atoms with Crippen molar-refractivity contribution in [3.63, 3.8) is 0 Å². The number of benzene rings is 2. The van der Waals surface area contributed by atoms with Gasteiger partial charge in [-0.15, -0.1) is 24.0 Å². The highest BCUT2D eigenvalue weighted by Crippen LogP contribution is 2.18. The number of hydrogen-bond donors (Lipinski definition) is 1. The van der Waals surface area contributed by atoms with Gasteiger partial charge in [-0.25, -0.2) is 4.68 Å². The Morgan fingerprint density at radius 3 is 2.64 bits per heavy atom. The molecule has 1 aliphatic heterocycles. The van der Waals surface area contributed by atoms with Gasteiger partial charge in [-0.2, -0.15) is 5.10 Å². The van der Waals surface area contributed by atoms with Crippen molar-refractivity contribution < 1.29 is 9.47 Å². The molecule has 1 fully saturated rings. The number of nitrogens with one attached hydrogen (secondary N) is 1. The highest BCUT2D eigenvalue weighted by atomic mass is 127. The predicted octanol–water partition coefficient (Wildman–Crippen LogP) is 4.11. The molecule has 2 aromatic carbocycles. The molecule has 7 nitrogen and oxygen atoms in total. The third-order valence-electron chi connectivity index (χ3n) is 5.67. The minimum absolute atomic E-state index is 0. The van der Waals surface area contributed by atoms with E-state index < -0.39 is 0 Å². The van der Waals surface area contributed by atoms with Gasteiger partial charge in [0, 0.05) is 32.3 Å².